The maximum atomic E-state index is 10.8. The first kappa shape index (κ1) is 7.39. The molecule has 1 amide bonds. The maximum Gasteiger partial charge on any atom is 0.358 e. The second-order valence-corrected chi connectivity index (χ2v) is 1.83. The van der Waals surface area contributed by atoms with Crippen LogP contribution in [0.5, 0.6) is 0 Å². The summed E-state index contributed by atoms with van der Waals surface area (Å²) in [4.78, 5) is 21.5. The largest absolute Gasteiger partial charge is 0.368 e. The molecule has 0 fully saturated rings. The highest BCUT2D eigenvalue weighted by atomic mass is 16.5. The fraction of sp³-hybridized carbons (Fsp3) is 0.200. The SMILES string of the molecule is CNC(=O)n1oc(N)cc1=O. The summed E-state index contributed by atoms with van der Waals surface area (Å²) in [5, 5.41) is 2.21. The fourth-order valence-electron chi connectivity index (χ4n) is 0.600. The van der Waals surface area contributed by atoms with E-state index in [0.717, 1.165) is 6.07 Å². The Hall–Kier alpha value is -1.72. The van der Waals surface area contributed by atoms with Crippen molar-refractivity contribution in [2.75, 3.05) is 12.8 Å². The van der Waals surface area contributed by atoms with Gasteiger partial charge in [0.15, 0.2) is 0 Å². The van der Waals surface area contributed by atoms with E-state index in [4.69, 9.17) is 5.73 Å². The molecule has 6 heteroatoms. The van der Waals surface area contributed by atoms with Crippen molar-refractivity contribution in [1.82, 2.24) is 10.1 Å². The summed E-state index contributed by atoms with van der Waals surface area (Å²) in [5.41, 5.74) is 4.52. The van der Waals surface area contributed by atoms with E-state index < -0.39 is 11.6 Å². The Bertz CT molecular complexity index is 324. The molecule has 6 nitrogen and oxygen atoms in total. The molecule has 1 aromatic heterocycles. The number of anilines is 1. The Kier molecular flexibility index (Phi) is 1.67. The lowest BCUT2D eigenvalue weighted by Crippen LogP contribution is -2.30. The lowest BCUT2D eigenvalue weighted by Gasteiger charge is -1.94. The van der Waals surface area contributed by atoms with E-state index in [9.17, 15) is 9.59 Å². The van der Waals surface area contributed by atoms with Crippen LogP contribution in [0.3, 0.4) is 0 Å². The molecule has 0 radical (unpaired) electrons. The second-order valence-electron chi connectivity index (χ2n) is 1.83. The molecule has 3 N–H and O–H groups in total. The molecular formula is C5H7N3O3. The summed E-state index contributed by atoms with van der Waals surface area (Å²) in [7, 11) is 1.38. The van der Waals surface area contributed by atoms with Crippen molar-refractivity contribution < 1.29 is 9.32 Å². The molecule has 0 bridgehead atoms. The average Bonchev–Trinajstić information content (AvgIpc) is 2.28. The van der Waals surface area contributed by atoms with Gasteiger partial charge in [-0.1, -0.05) is 4.74 Å². The topological polar surface area (TPSA) is 90.3 Å². The number of nitrogens with one attached hydrogen (secondary N) is 1. The van der Waals surface area contributed by atoms with Gasteiger partial charge in [-0.05, 0) is 0 Å². The monoisotopic (exact) mass is 157 g/mol. The van der Waals surface area contributed by atoms with Crippen molar-refractivity contribution in [1.29, 1.82) is 0 Å². The molecule has 0 aliphatic rings. The van der Waals surface area contributed by atoms with E-state index in [1.165, 1.54) is 7.05 Å². The van der Waals surface area contributed by atoms with Crippen LogP contribution in [-0.2, 0) is 0 Å². The van der Waals surface area contributed by atoms with Gasteiger partial charge in [0.2, 0.25) is 5.88 Å². The highest BCUT2D eigenvalue weighted by Crippen LogP contribution is 1.94. The second kappa shape index (κ2) is 2.49. The zero-order chi connectivity index (χ0) is 8.43. The van der Waals surface area contributed by atoms with Crippen LogP contribution in [0.25, 0.3) is 0 Å². The zero-order valence-corrected chi connectivity index (χ0v) is 5.83. The number of nitrogen functional groups attached to an aromatic ring is 1. The van der Waals surface area contributed by atoms with Gasteiger partial charge in [-0.15, -0.1) is 0 Å². The summed E-state index contributed by atoms with van der Waals surface area (Å²) < 4.78 is 5.07. The van der Waals surface area contributed by atoms with E-state index in [0.29, 0.717) is 4.74 Å². The van der Waals surface area contributed by atoms with Crippen molar-refractivity contribution in [3.05, 3.63) is 16.4 Å². The number of amides is 1. The lowest BCUT2D eigenvalue weighted by atomic mass is 10.7. The predicted octanol–water partition coefficient (Wildman–Crippen LogP) is -0.789. The molecule has 0 aromatic carbocycles. The molecule has 0 spiro atoms. The van der Waals surface area contributed by atoms with E-state index in [1.807, 2.05) is 0 Å². The highest BCUT2D eigenvalue weighted by molar-refractivity contribution is 5.74. The number of nitrogens with zero attached hydrogens (tertiary/aromatic N) is 1. The van der Waals surface area contributed by atoms with Crippen molar-refractivity contribution in [2.24, 2.45) is 0 Å². The van der Waals surface area contributed by atoms with E-state index >= 15 is 0 Å². The molecule has 60 valence electrons. The van der Waals surface area contributed by atoms with Crippen LogP contribution in [0.15, 0.2) is 15.4 Å². The third-order valence-corrected chi connectivity index (χ3v) is 1.06. The van der Waals surface area contributed by atoms with E-state index in [-0.39, 0.29) is 5.88 Å². The van der Waals surface area contributed by atoms with Gasteiger partial charge >= 0.3 is 6.03 Å². The number of carbonyl (C=O) groups is 1. The number of hydrogen-bond donors (Lipinski definition) is 2. The van der Waals surface area contributed by atoms with Gasteiger partial charge in [-0.2, -0.15) is 0 Å². The minimum Gasteiger partial charge on any atom is -0.368 e. The number of aromatic nitrogens is 1. The quantitative estimate of drug-likeness (QED) is 0.516. The van der Waals surface area contributed by atoms with Crippen molar-refractivity contribution in [2.45, 2.75) is 0 Å². The number of carbonyl (C=O) groups excluding carboxylic acids is 1. The predicted molar refractivity (Wildman–Crippen MR) is 37.2 cm³/mol. The fourth-order valence-corrected chi connectivity index (χ4v) is 0.600. The molecule has 0 aliphatic carbocycles. The molecule has 0 unspecified atom stereocenters. The third-order valence-electron chi connectivity index (χ3n) is 1.06. The molecule has 0 aliphatic heterocycles. The van der Waals surface area contributed by atoms with E-state index in [2.05, 4.69) is 9.84 Å². The summed E-state index contributed by atoms with van der Waals surface area (Å²) in [6.45, 7) is 0. The van der Waals surface area contributed by atoms with Gasteiger partial charge < -0.3 is 15.6 Å². The Labute approximate surface area is 61.5 Å². The Morgan fingerprint density at radius 3 is 2.82 bits per heavy atom. The summed E-state index contributed by atoms with van der Waals surface area (Å²) in [5.74, 6) is -0.0846. The van der Waals surface area contributed by atoms with Gasteiger partial charge in [0.1, 0.15) is 0 Å². The smallest absolute Gasteiger partial charge is 0.358 e. The van der Waals surface area contributed by atoms with Gasteiger partial charge in [-0.3, -0.25) is 4.79 Å². The number of rotatable bonds is 0. The van der Waals surface area contributed by atoms with Gasteiger partial charge in [0, 0.05) is 7.05 Å². The first-order valence-corrected chi connectivity index (χ1v) is 2.86. The van der Waals surface area contributed by atoms with Crippen LogP contribution in [0.2, 0.25) is 0 Å². The minimum atomic E-state index is -0.647. The van der Waals surface area contributed by atoms with Gasteiger partial charge in [-0.25, -0.2) is 4.79 Å². The molecule has 11 heavy (non-hydrogen) atoms. The minimum absolute atomic E-state index is 0.0846. The molecule has 0 saturated heterocycles. The van der Waals surface area contributed by atoms with Crippen LogP contribution in [0, 0.1) is 0 Å². The molecule has 0 saturated carbocycles. The molecular weight excluding hydrogens is 150 g/mol. The van der Waals surface area contributed by atoms with Crippen molar-refractivity contribution in [3.8, 4) is 0 Å². The Balaban J connectivity index is 3.13. The average molecular weight is 157 g/mol. The summed E-state index contributed by atoms with van der Waals surface area (Å²) >= 11 is 0. The van der Waals surface area contributed by atoms with Gasteiger partial charge in [0.05, 0.1) is 6.07 Å². The Morgan fingerprint density at radius 2 is 2.45 bits per heavy atom. The normalized spacial score (nSPS) is 9.55. The third kappa shape index (κ3) is 1.23. The maximum absolute atomic E-state index is 10.8. The van der Waals surface area contributed by atoms with Crippen molar-refractivity contribution in [3.63, 3.8) is 0 Å². The number of hydrogen-bond acceptors (Lipinski definition) is 4. The molecule has 0 atom stereocenters. The summed E-state index contributed by atoms with van der Waals surface area (Å²) in [6.07, 6.45) is 0. The molecule has 1 heterocycles. The van der Waals surface area contributed by atoms with Crippen LogP contribution in [0.1, 0.15) is 0 Å². The first-order chi connectivity index (χ1) is 5.15. The highest BCUT2D eigenvalue weighted by Gasteiger charge is 2.08. The van der Waals surface area contributed by atoms with Crippen LogP contribution >= 0.6 is 0 Å². The zero-order valence-electron chi connectivity index (χ0n) is 5.83. The van der Waals surface area contributed by atoms with Crippen molar-refractivity contribution >= 4 is 11.9 Å². The molecule has 1 rings (SSSR count). The van der Waals surface area contributed by atoms with Gasteiger partial charge in [0.25, 0.3) is 5.56 Å². The van der Waals surface area contributed by atoms with Crippen LogP contribution < -0.4 is 16.6 Å². The van der Waals surface area contributed by atoms with Crippen LogP contribution in [0.4, 0.5) is 10.7 Å². The standard InChI is InChI=1S/C5H7N3O3/c1-7-5(10)8-4(9)2-3(6)11-8/h2H,6H2,1H3,(H,7,10). The first-order valence-electron chi connectivity index (χ1n) is 2.86. The Morgan fingerprint density at radius 1 is 1.82 bits per heavy atom. The lowest BCUT2D eigenvalue weighted by molar-refractivity contribution is 0.213. The molecule has 1 aromatic rings. The van der Waals surface area contributed by atoms with Crippen LogP contribution in [-0.4, -0.2) is 17.8 Å². The summed E-state index contributed by atoms with van der Waals surface area (Å²) in [6, 6.07) is 0.376. The van der Waals surface area contributed by atoms with E-state index in [1.54, 1.807) is 0 Å². The number of nitrogens with two attached hydrogens (primary N) is 1.